The van der Waals surface area contributed by atoms with Crippen molar-refractivity contribution in [2.24, 2.45) is 0 Å². The van der Waals surface area contributed by atoms with E-state index in [1.54, 1.807) is 19.1 Å². The van der Waals surface area contributed by atoms with Crippen molar-refractivity contribution in [1.82, 2.24) is 9.88 Å². The number of aryl methyl sites for hydroxylation is 1. The summed E-state index contributed by atoms with van der Waals surface area (Å²) in [5.41, 5.74) is 1.43. The molecule has 0 aliphatic carbocycles. The highest BCUT2D eigenvalue weighted by molar-refractivity contribution is 7.89. The first-order valence-electron chi connectivity index (χ1n) is 8.13. The smallest absolute Gasteiger partial charge is 0.261 e. The molecular formula is C17H23N3O4S. The quantitative estimate of drug-likeness (QED) is 0.785. The molecule has 1 aromatic heterocycles. The molecule has 0 bridgehead atoms. The van der Waals surface area contributed by atoms with Crippen LogP contribution in [0.25, 0.3) is 0 Å². The number of rotatable bonds is 7. The third kappa shape index (κ3) is 4.46. The second kappa shape index (κ2) is 7.79. The van der Waals surface area contributed by atoms with Crippen molar-refractivity contribution >= 4 is 21.6 Å². The van der Waals surface area contributed by atoms with Crippen LogP contribution >= 0.6 is 0 Å². The van der Waals surface area contributed by atoms with Crippen LogP contribution in [0.4, 0.5) is 5.69 Å². The molecule has 2 N–H and O–H groups in total. The molecule has 0 atom stereocenters. The number of anilines is 1. The van der Waals surface area contributed by atoms with Crippen LogP contribution in [0.2, 0.25) is 0 Å². The number of nitrogens with zero attached hydrogens (tertiary/aromatic N) is 1. The molecule has 0 aliphatic rings. The van der Waals surface area contributed by atoms with Crippen LogP contribution in [0, 0.1) is 6.92 Å². The highest BCUT2D eigenvalue weighted by atomic mass is 32.2. The largest absolute Gasteiger partial charge is 0.360 e. The molecule has 1 aromatic carbocycles. The number of aromatic nitrogens is 1. The van der Waals surface area contributed by atoms with Gasteiger partial charge < -0.3 is 9.84 Å². The van der Waals surface area contributed by atoms with Gasteiger partial charge in [-0.05, 0) is 37.6 Å². The van der Waals surface area contributed by atoms with Gasteiger partial charge in [0, 0.05) is 18.2 Å². The zero-order valence-corrected chi connectivity index (χ0v) is 15.6. The van der Waals surface area contributed by atoms with Gasteiger partial charge in [0.25, 0.3) is 5.91 Å². The van der Waals surface area contributed by atoms with Crippen molar-refractivity contribution in [2.45, 2.75) is 44.9 Å². The predicted molar refractivity (Wildman–Crippen MR) is 95.2 cm³/mol. The molecule has 0 unspecified atom stereocenters. The standard InChI is InChI=1S/C17H23N3O4S/c1-5-10-18-25(22,23)14-8-6-13(7-9-14)19-17(21)15-12(4)20-24-16(15)11(2)3/h6-9,11,18H,5,10H2,1-4H3,(H,19,21). The number of nitrogens with one attached hydrogen (secondary N) is 2. The molecule has 7 nitrogen and oxygen atoms in total. The average Bonchev–Trinajstić information content (AvgIpc) is 2.95. The van der Waals surface area contributed by atoms with Gasteiger partial charge in [0.2, 0.25) is 10.0 Å². The summed E-state index contributed by atoms with van der Waals surface area (Å²) in [7, 11) is -3.52. The third-order valence-corrected chi connectivity index (χ3v) is 5.08. The molecule has 1 heterocycles. The van der Waals surface area contributed by atoms with Crippen molar-refractivity contribution in [1.29, 1.82) is 0 Å². The monoisotopic (exact) mass is 365 g/mol. The Balaban J connectivity index is 2.17. The minimum absolute atomic E-state index is 0.0270. The van der Waals surface area contributed by atoms with Crippen LogP contribution in [-0.2, 0) is 10.0 Å². The second-order valence-electron chi connectivity index (χ2n) is 6.04. The van der Waals surface area contributed by atoms with E-state index in [2.05, 4.69) is 15.2 Å². The van der Waals surface area contributed by atoms with E-state index < -0.39 is 10.0 Å². The maximum atomic E-state index is 12.5. The number of carbonyl (C=O) groups is 1. The van der Waals surface area contributed by atoms with Crippen molar-refractivity contribution in [3.8, 4) is 0 Å². The van der Waals surface area contributed by atoms with E-state index in [4.69, 9.17) is 4.52 Å². The van der Waals surface area contributed by atoms with Gasteiger partial charge in [0.05, 0.1) is 10.6 Å². The molecule has 25 heavy (non-hydrogen) atoms. The predicted octanol–water partition coefficient (Wildman–Crippen LogP) is 3.05. The van der Waals surface area contributed by atoms with Crippen LogP contribution in [0.1, 0.15) is 54.9 Å². The van der Waals surface area contributed by atoms with Gasteiger partial charge >= 0.3 is 0 Å². The lowest BCUT2D eigenvalue weighted by molar-refractivity contribution is 0.102. The molecule has 0 radical (unpaired) electrons. The second-order valence-corrected chi connectivity index (χ2v) is 7.81. The van der Waals surface area contributed by atoms with E-state index >= 15 is 0 Å². The Morgan fingerprint density at radius 2 is 1.88 bits per heavy atom. The number of amides is 1. The summed E-state index contributed by atoms with van der Waals surface area (Å²) in [6, 6.07) is 6.02. The molecule has 136 valence electrons. The van der Waals surface area contributed by atoms with Crippen LogP contribution in [0.3, 0.4) is 0 Å². The first kappa shape index (κ1) is 19.1. The summed E-state index contributed by atoms with van der Waals surface area (Å²) >= 11 is 0. The van der Waals surface area contributed by atoms with Crippen LogP contribution in [0.15, 0.2) is 33.7 Å². The lowest BCUT2D eigenvalue weighted by Gasteiger charge is -2.09. The van der Waals surface area contributed by atoms with Gasteiger partial charge in [0.1, 0.15) is 5.56 Å². The summed E-state index contributed by atoms with van der Waals surface area (Å²) < 4.78 is 31.8. The highest BCUT2D eigenvalue weighted by Crippen LogP contribution is 2.23. The Kier molecular flexibility index (Phi) is 5.97. The summed E-state index contributed by atoms with van der Waals surface area (Å²) in [6.45, 7) is 7.81. The van der Waals surface area contributed by atoms with Crippen molar-refractivity contribution in [3.05, 3.63) is 41.3 Å². The summed E-state index contributed by atoms with van der Waals surface area (Å²) in [5, 5.41) is 6.60. The minimum atomic E-state index is -3.52. The fourth-order valence-electron chi connectivity index (χ4n) is 2.29. The van der Waals surface area contributed by atoms with E-state index in [0.717, 1.165) is 0 Å². The Hall–Kier alpha value is -2.19. The summed E-state index contributed by atoms with van der Waals surface area (Å²) in [5.74, 6) is 0.222. The van der Waals surface area contributed by atoms with Crippen LogP contribution < -0.4 is 10.0 Å². The van der Waals surface area contributed by atoms with Gasteiger partial charge in [-0.2, -0.15) is 0 Å². The van der Waals surface area contributed by atoms with Crippen molar-refractivity contribution in [3.63, 3.8) is 0 Å². The maximum Gasteiger partial charge on any atom is 0.261 e. The van der Waals surface area contributed by atoms with E-state index in [-0.39, 0.29) is 16.7 Å². The fraction of sp³-hybridized carbons (Fsp3) is 0.412. The Bertz CT molecular complexity index is 839. The van der Waals surface area contributed by atoms with E-state index in [1.807, 2.05) is 20.8 Å². The van der Waals surface area contributed by atoms with Gasteiger partial charge in [-0.1, -0.05) is 25.9 Å². The Labute approximate surface area is 147 Å². The van der Waals surface area contributed by atoms with Gasteiger partial charge in [-0.3, -0.25) is 4.79 Å². The molecule has 0 saturated heterocycles. The summed E-state index contributed by atoms with van der Waals surface area (Å²) in [6.07, 6.45) is 0.712. The first-order chi connectivity index (χ1) is 11.8. The van der Waals surface area contributed by atoms with Crippen LogP contribution in [0.5, 0.6) is 0 Å². The SMILES string of the molecule is CCCNS(=O)(=O)c1ccc(NC(=O)c2c(C)noc2C(C)C)cc1. The van der Waals surface area contributed by atoms with E-state index in [0.29, 0.717) is 35.7 Å². The lowest BCUT2D eigenvalue weighted by atomic mass is 10.0. The van der Waals surface area contributed by atoms with E-state index in [1.165, 1.54) is 12.1 Å². The highest BCUT2D eigenvalue weighted by Gasteiger charge is 2.22. The van der Waals surface area contributed by atoms with Gasteiger partial charge in [-0.15, -0.1) is 0 Å². The number of benzene rings is 1. The molecule has 2 rings (SSSR count). The number of hydrogen-bond acceptors (Lipinski definition) is 5. The Morgan fingerprint density at radius 3 is 2.44 bits per heavy atom. The first-order valence-corrected chi connectivity index (χ1v) is 9.61. The zero-order valence-electron chi connectivity index (χ0n) is 14.8. The van der Waals surface area contributed by atoms with E-state index in [9.17, 15) is 13.2 Å². The van der Waals surface area contributed by atoms with Crippen molar-refractivity contribution < 1.29 is 17.7 Å². The molecule has 0 aliphatic heterocycles. The number of carbonyl (C=O) groups excluding carboxylic acids is 1. The molecule has 8 heteroatoms. The van der Waals surface area contributed by atoms with Gasteiger partial charge in [0.15, 0.2) is 5.76 Å². The third-order valence-electron chi connectivity index (χ3n) is 3.61. The zero-order chi connectivity index (χ0) is 18.6. The molecule has 1 amide bonds. The molecule has 2 aromatic rings. The molecule has 0 spiro atoms. The average molecular weight is 365 g/mol. The Morgan fingerprint density at radius 1 is 1.24 bits per heavy atom. The van der Waals surface area contributed by atoms with Crippen LogP contribution in [-0.4, -0.2) is 26.0 Å². The maximum absolute atomic E-state index is 12.5. The normalized spacial score (nSPS) is 11.7. The number of hydrogen-bond donors (Lipinski definition) is 2. The molecular weight excluding hydrogens is 342 g/mol. The fourth-order valence-corrected chi connectivity index (χ4v) is 3.42. The minimum Gasteiger partial charge on any atom is -0.360 e. The topological polar surface area (TPSA) is 101 Å². The van der Waals surface area contributed by atoms with Gasteiger partial charge in [-0.25, -0.2) is 13.1 Å². The summed E-state index contributed by atoms with van der Waals surface area (Å²) in [4.78, 5) is 12.7. The van der Waals surface area contributed by atoms with Crippen molar-refractivity contribution in [2.75, 3.05) is 11.9 Å². The lowest BCUT2D eigenvalue weighted by Crippen LogP contribution is -2.24. The molecule has 0 saturated carbocycles. The molecule has 0 fully saturated rings. The number of sulfonamides is 1.